The van der Waals surface area contributed by atoms with E-state index in [1.165, 1.54) is 25.7 Å². The third-order valence-electron chi connectivity index (χ3n) is 0.957. The van der Waals surface area contributed by atoms with Crippen molar-refractivity contribution in [1.29, 1.82) is 0 Å². The Morgan fingerprint density at radius 1 is 1.00 bits per heavy atom. The topological polar surface area (TPSA) is 0 Å². The van der Waals surface area contributed by atoms with E-state index in [-0.39, 0.29) is 0 Å². The number of hydrogen-bond acceptors (Lipinski definition) is 2. The maximum absolute atomic E-state index is 3.96. The van der Waals surface area contributed by atoms with Gasteiger partial charge in [0.05, 0.1) is 0 Å². The van der Waals surface area contributed by atoms with Crippen molar-refractivity contribution in [2.24, 2.45) is 0 Å². The highest BCUT2D eigenvalue weighted by molar-refractivity contribution is 7.93. The summed E-state index contributed by atoms with van der Waals surface area (Å²) in [5.74, 6) is 0. The zero-order valence-corrected chi connectivity index (χ0v) is 7.78. The largest absolute Gasteiger partial charge is 0.0654 e. The summed E-state index contributed by atoms with van der Waals surface area (Å²) in [5.41, 5.74) is 0. The van der Waals surface area contributed by atoms with Gasteiger partial charge in [0.25, 0.3) is 0 Å². The van der Waals surface area contributed by atoms with Gasteiger partial charge in [-0.25, -0.2) is 0 Å². The third kappa shape index (κ3) is 30.7. The lowest BCUT2D eigenvalue weighted by atomic mass is 10.2. The number of rotatable bonds is 3. The highest BCUT2D eigenvalue weighted by Gasteiger charge is 1.75. The van der Waals surface area contributed by atoms with Gasteiger partial charge in [0.15, 0.2) is 0 Å². The molecular weight excluding hydrogens is 148 g/mol. The van der Waals surface area contributed by atoms with E-state index in [9.17, 15) is 0 Å². The Morgan fingerprint density at radius 2 is 1.22 bits per heavy atom. The molecule has 0 unspecified atom stereocenters. The van der Waals surface area contributed by atoms with Gasteiger partial charge in [0.1, 0.15) is 0 Å². The summed E-state index contributed by atoms with van der Waals surface area (Å²) in [4.78, 5) is 0. The van der Waals surface area contributed by atoms with E-state index in [0.717, 1.165) is 0 Å². The highest BCUT2D eigenvalue weighted by Crippen LogP contribution is 1.95. The summed E-state index contributed by atoms with van der Waals surface area (Å²) >= 11 is 7.92. The van der Waals surface area contributed by atoms with Crippen LogP contribution in [0.15, 0.2) is 0 Å². The third-order valence-corrected chi connectivity index (χ3v) is 0.957. The van der Waals surface area contributed by atoms with Crippen LogP contribution in [0.25, 0.3) is 0 Å². The van der Waals surface area contributed by atoms with Crippen molar-refractivity contribution < 1.29 is 0 Å². The monoisotopic (exact) mass is 162 g/mol. The molecule has 0 fully saturated rings. The Balaban J connectivity index is 0. The Morgan fingerprint density at radius 3 is 1.33 bits per heavy atom. The minimum atomic E-state index is 1.36. The van der Waals surface area contributed by atoms with Gasteiger partial charge in [-0.2, -0.15) is 0 Å². The Bertz CT molecular complexity index is 59.3. The molecule has 0 nitrogen and oxygen atoms in total. The van der Waals surface area contributed by atoms with Gasteiger partial charge in [-0.05, 0) is 24.4 Å². The molecule has 0 aliphatic heterocycles. The normalized spacial score (nSPS) is 6.89. The van der Waals surface area contributed by atoms with Crippen LogP contribution in [0.2, 0.25) is 0 Å². The zero-order valence-electron chi connectivity index (χ0n) is 6.14. The molecule has 0 amide bonds. The Labute approximate surface area is 68.7 Å². The predicted molar refractivity (Wildman–Crippen MR) is 50.0 cm³/mol. The van der Waals surface area contributed by atoms with Crippen molar-refractivity contribution in [2.45, 2.75) is 39.5 Å². The maximum Gasteiger partial charge on any atom is 0.0297 e. The number of hydrogen-bond donors (Lipinski definition) is 0. The summed E-state index contributed by atoms with van der Waals surface area (Å²) in [7, 11) is 0. The van der Waals surface area contributed by atoms with Gasteiger partial charge in [-0.3, -0.25) is 0 Å². The molecule has 0 aromatic heterocycles. The van der Waals surface area contributed by atoms with Gasteiger partial charge in [0.2, 0.25) is 0 Å². The molecule has 2 heteroatoms. The van der Waals surface area contributed by atoms with Crippen LogP contribution in [-0.4, -0.2) is 4.31 Å². The molecule has 0 N–H and O–H groups in total. The fourth-order valence-electron chi connectivity index (χ4n) is 0.500. The first-order valence-corrected chi connectivity index (χ1v) is 4.14. The first-order valence-electron chi connectivity index (χ1n) is 3.32. The molecule has 0 radical (unpaired) electrons. The summed E-state index contributed by atoms with van der Waals surface area (Å²) < 4.78 is 1.92. The van der Waals surface area contributed by atoms with E-state index >= 15 is 0 Å². The summed E-state index contributed by atoms with van der Waals surface area (Å²) in [5, 5.41) is 0. The summed E-state index contributed by atoms with van der Waals surface area (Å²) in [6.07, 6.45) is 5.54. The van der Waals surface area contributed by atoms with Crippen molar-refractivity contribution in [3.8, 4) is 0 Å². The Kier molecular flexibility index (Phi) is 20.9. The van der Waals surface area contributed by atoms with Crippen LogP contribution in [0.4, 0.5) is 0 Å². The predicted octanol–water partition coefficient (Wildman–Crippen LogP) is 3.60. The molecule has 0 aliphatic rings. The number of unbranched alkanes of at least 4 members (excludes halogenated alkanes) is 3. The molecule has 9 heavy (non-hydrogen) atoms. The lowest BCUT2D eigenvalue weighted by molar-refractivity contribution is 0.702. The van der Waals surface area contributed by atoms with Gasteiger partial charge < -0.3 is 0 Å². The molecular formula is C7H14S2. The fraction of sp³-hybridized carbons (Fsp3) is 0.857. The molecule has 0 aromatic rings. The molecule has 0 rings (SSSR count). The van der Waals surface area contributed by atoms with Crippen molar-refractivity contribution in [2.75, 3.05) is 0 Å². The molecule has 0 aromatic carbocycles. The molecule has 0 bridgehead atoms. The van der Waals surface area contributed by atoms with E-state index in [2.05, 4.69) is 38.3 Å². The zero-order chi connectivity index (χ0) is 7.54. The van der Waals surface area contributed by atoms with Crippen molar-refractivity contribution in [3.05, 3.63) is 0 Å². The highest BCUT2D eigenvalue weighted by atomic mass is 32.1. The van der Waals surface area contributed by atoms with Crippen LogP contribution in [0.3, 0.4) is 0 Å². The average Bonchev–Trinajstić information content (AvgIpc) is 1.86. The second kappa shape index (κ2) is 15.7. The molecule has 0 atom stereocenters. The lowest BCUT2D eigenvalue weighted by Crippen LogP contribution is -1.66. The van der Waals surface area contributed by atoms with Crippen LogP contribution in [0, 0.1) is 0 Å². The van der Waals surface area contributed by atoms with Gasteiger partial charge in [-0.15, -0.1) is 0 Å². The van der Waals surface area contributed by atoms with Crippen LogP contribution >= 0.6 is 24.4 Å². The maximum atomic E-state index is 3.96. The average molecular weight is 162 g/mol. The lowest BCUT2D eigenvalue weighted by Gasteiger charge is -1.86. The second-order valence-corrected chi connectivity index (χ2v) is 2.46. The molecule has 54 valence electrons. The molecule has 0 spiro atoms. The molecule has 0 saturated heterocycles. The van der Waals surface area contributed by atoms with E-state index in [0.29, 0.717) is 0 Å². The van der Waals surface area contributed by atoms with E-state index in [4.69, 9.17) is 0 Å². The summed E-state index contributed by atoms with van der Waals surface area (Å²) in [6.45, 7) is 4.46. The van der Waals surface area contributed by atoms with Crippen LogP contribution in [0.5, 0.6) is 0 Å². The fourth-order valence-corrected chi connectivity index (χ4v) is 0.500. The quantitative estimate of drug-likeness (QED) is 0.459. The first kappa shape index (κ1) is 12.0. The standard InChI is InChI=1S/C6H14.CS2/c1-3-5-6-4-2;2-1-3/h3-6H2,1-2H3;. The minimum Gasteiger partial charge on any atom is -0.0654 e. The van der Waals surface area contributed by atoms with Crippen LogP contribution < -0.4 is 0 Å². The van der Waals surface area contributed by atoms with Crippen LogP contribution in [-0.2, 0) is 0 Å². The second-order valence-electron chi connectivity index (χ2n) is 1.79. The minimum absolute atomic E-state index is 1.36. The molecule has 0 saturated carbocycles. The van der Waals surface area contributed by atoms with E-state index in [1.807, 2.05) is 4.31 Å². The smallest absolute Gasteiger partial charge is 0.0297 e. The molecule has 0 heterocycles. The van der Waals surface area contributed by atoms with Crippen molar-refractivity contribution in [3.63, 3.8) is 0 Å². The van der Waals surface area contributed by atoms with Crippen LogP contribution in [0.1, 0.15) is 39.5 Å². The molecule has 0 aliphatic carbocycles. The SMILES string of the molecule is CCCCCC.S=C=S. The van der Waals surface area contributed by atoms with Crippen molar-refractivity contribution >= 4 is 28.7 Å². The van der Waals surface area contributed by atoms with Gasteiger partial charge >= 0.3 is 0 Å². The summed E-state index contributed by atoms with van der Waals surface area (Å²) in [6, 6.07) is 0. The number of thiocarbonyl (C=S) groups is 2. The van der Waals surface area contributed by atoms with Gasteiger partial charge in [0, 0.05) is 4.31 Å². The van der Waals surface area contributed by atoms with E-state index in [1.54, 1.807) is 0 Å². The first-order chi connectivity index (χ1) is 4.33. The van der Waals surface area contributed by atoms with Gasteiger partial charge in [-0.1, -0.05) is 39.5 Å². The van der Waals surface area contributed by atoms with E-state index < -0.39 is 0 Å². The van der Waals surface area contributed by atoms with Crippen molar-refractivity contribution in [1.82, 2.24) is 0 Å². The Hall–Kier alpha value is 0.220.